The summed E-state index contributed by atoms with van der Waals surface area (Å²) in [5.74, 6) is -0.169. The summed E-state index contributed by atoms with van der Waals surface area (Å²) < 4.78 is 5.12. The van der Waals surface area contributed by atoms with Crippen molar-refractivity contribution in [2.24, 2.45) is 5.92 Å². The minimum Gasteiger partial charge on any atom is -0.444 e. The van der Waals surface area contributed by atoms with Crippen LogP contribution in [-0.2, 0) is 4.74 Å². The lowest BCUT2D eigenvalue weighted by atomic mass is 9.96. The second-order valence-corrected chi connectivity index (χ2v) is 5.50. The minimum absolute atomic E-state index is 0.134. The number of ether oxygens (including phenoxy) is 1. The lowest BCUT2D eigenvalue weighted by molar-refractivity contribution is -0.489. The molecule has 0 aliphatic rings. The van der Waals surface area contributed by atoms with Gasteiger partial charge in [-0.25, -0.2) is 4.79 Å². The first-order chi connectivity index (χ1) is 8.15. The standard InChI is InChI=1S/C12H24N2O4/c1-6-7-10(8-14(16)17)9(2)13-11(15)18-12(3,4)5/h9-10H,6-8H2,1-5H3,(H,13,15)/t9-,10?/m0/s1. The maximum absolute atomic E-state index is 11.6. The summed E-state index contributed by atoms with van der Waals surface area (Å²) in [6.07, 6.45) is 1.02. The fourth-order valence-corrected chi connectivity index (χ4v) is 1.67. The second-order valence-electron chi connectivity index (χ2n) is 5.50. The Morgan fingerprint density at radius 3 is 2.39 bits per heavy atom. The van der Waals surface area contributed by atoms with Crippen LogP contribution in [0.5, 0.6) is 0 Å². The van der Waals surface area contributed by atoms with Gasteiger partial charge in [-0.1, -0.05) is 13.3 Å². The zero-order valence-corrected chi connectivity index (χ0v) is 11.9. The number of carbonyl (C=O) groups excluding carboxylic acids is 1. The van der Waals surface area contributed by atoms with Crippen molar-refractivity contribution in [1.29, 1.82) is 0 Å². The van der Waals surface area contributed by atoms with Gasteiger partial charge in [-0.2, -0.15) is 0 Å². The Bertz CT molecular complexity index is 286. The molecule has 0 fully saturated rings. The van der Waals surface area contributed by atoms with E-state index >= 15 is 0 Å². The van der Waals surface area contributed by atoms with Crippen LogP contribution < -0.4 is 5.32 Å². The molecule has 18 heavy (non-hydrogen) atoms. The Morgan fingerprint density at radius 1 is 1.44 bits per heavy atom. The Kier molecular flexibility index (Phi) is 6.65. The van der Waals surface area contributed by atoms with Gasteiger partial charge in [0, 0.05) is 16.9 Å². The quantitative estimate of drug-likeness (QED) is 0.588. The van der Waals surface area contributed by atoms with Gasteiger partial charge in [0.1, 0.15) is 5.60 Å². The van der Waals surface area contributed by atoms with Crippen molar-refractivity contribution >= 4 is 6.09 Å². The van der Waals surface area contributed by atoms with E-state index in [-0.39, 0.29) is 23.4 Å². The molecule has 0 aromatic heterocycles. The molecule has 1 amide bonds. The van der Waals surface area contributed by atoms with Crippen LogP contribution >= 0.6 is 0 Å². The molecule has 0 saturated carbocycles. The van der Waals surface area contributed by atoms with Gasteiger partial charge in [-0.3, -0.25) is 10.1 Å². The summed E-state index contributed by atoms with van der Waals surface area (Å²) >= 11 is 0. The number of nitro groups is 1. The van der Waals surface area contributed by atoms with Gasteiger partial charge in [0.2, 0.25) is 6.54 Å². The average molecular weight is 260 g/mol. The highest BCUT2D eigenvalue weighted by Gasteiger charge is 2.25. The highest BCUT2D eigenvalue weighted by Crippen LogP contribution is 2.13. The molecule has 0 aromatic rings. The smallest absolute Gasteiger partial charge is 0.407 e. The van der Waals surface area contributed by atoms with Gasteiger partial charge >= 0.3 is 6.09 Å². The molecule has 0 spiro atoms. The second kappa shape index (κ2) is 7.18. The lowest BCUT2D eigenvalue weighted by Gasteiger charge is -2.25. The molecule has 0 radical (unpaired) electrons. The average Bonchev–Trinajstić information content (AvgIpc) is 2.12. The molecule has 6 nitrogen and oxygen atoms in total. The van der Waals surface area contributed by atoms with E-state index < -0.39 is 11.7 Å². The molecule has 0 aromatic carbocycles. The van der Waals surface area contributed by atoms with Crippen LogP contribution in [0.3, 0.4) is 0 Å². The fourth-order valence-electron chi connectivity index (χ4n) is 1.67. The van der Waals surface area contributed by atoms with Crippen molar-refractivity contribution in [3.8, 4) is 0 Å². The normalized spacial score (nSPS) is 14.7. The highest BCUT2D eigenvalue weighted by atomic mass is 16.6. The van der Waals surface area contributed by atoms with Crippen LogP contribution in [0.1, 0.15) is 47.5 Å². The van der Waals surface area contributed by atoms with E-state index in [9.17, 15) is 14.9 Å². The third-order valence-electron chi connectivity index (χ3n) is 2.49. The topological polar surface area (TPSA) is 81.5 Å². The number of nitrogens with zero attached hydrogens (tertiary/aromatic N) is 1. The first kappa shape index (κ1) is 16.7. The molecule has 106 valence electrons. The summed E-state index contributed by atoms with van der Waals surface area (Å²) in [5, 5.41) is 13.2. The van der Waals surface area contributed by atoms with Gasteiger partial charge < -0.3 is 10.1 Å². The predicted molar refractivity (Wildman–Crippen MR) is 69.1 cm³/mol. The monoisotopic (exact) mass is 260 g/mol. The van der Waals surface area contributed by atoms with Crippen LogP contribution in [0.2, 0.25) is 0 Å². The fraction of sp³-hybridized carbons (Fsp3) is 0.917. The maximum Gasteiger partial charge on any atom is 0.407 e. The number of carbonyl (C=O) groups is 1. The molecule has 6 heteroatoms. The zero-order chi connectivity index (χ0) is 14.3. The summed E-state index contributed by atoms with van der Waals surface area (Å²) in [5.41, 5.74) is -0.562. The Balaban J connectivity index is 4.36. The van der Waals surface area contributed by atoms with Crippen molar-refractivity contribution in [1.82, 2.24) is 5.32 Å². The number of hydrogen-bond donors (Lipinski definition) is 1. The molecular weight excluding hydrogens is 236 g/mol. The SMILES string of the molecule is CCCC(C[N+](=O)[O-])[C@H](C)NC(=O)OC(C)(C)C. The number of hydrogen-bond acceptors (Lipinski definition) is 4. The van der Waals surface area contributed by atoms with Gasteiger partial charge in [0.25, 0.3) is 0 Å². The van der Waals surface area contributed by atoms with Crippen LogP contribution in [0.4, 0.5) is 4.79 Å². The molecule has 0 saturated heterocycles. The van der Waals surface area contributed by atoms with E-state index in [0.29, 0.717) is 6.42 Å². The molecule has 0 heterocycles. The summed E-state index contributed by atoms with van der Waals surface area (Å²) in [7, 11) is 0. The maximum atomic E-state index is 11.6. The van der Waals surface area contributed by atoms with Gasteiger partial charge in [-0.05, 0) is 34.1 Å². The number of amides is 1. The number of alkyl carbamates (subject to hydrolysis) is 1. The number of nitrogens with one attached hydrogen (secondary N) is 1. The minimum atomic E-state index is -0.562. The summed E-state index contributed by atoms with van der Waals surface area (Å²) in [4.78, 5) is 21.8. The Labute approximate surface area is 108 Å². The van der Waals surface area contributed by atoms with Crippen molar-refractivity contribution < 1.29 is 14.5 Å². The molecule has 0 rings (SSSR count). The predicted octanol–water partition coefficient (Wildman–Crippen LogP) is 2.59. The molecular formula is C12H24N2O4. The van der Waals surface area contributed by atoms with Crippen LogP contribution in [0, 0.1) is 16.0 Å². The molecule has 0 bridgehead atoms. The third-order valence-corrected chi connectivity index (χ3v) is 2.49. The van der Waals surface area contributed by atoms with E-state index in [1.165, 1.54) is 0 Å². The van der Waals surface area contributed by atoms with Gasteiger partial charge in [0.05, 0.1) is 0 Å². The Morgan fingerprint density at radius 2 is 2.00 bits per heavy atom. The van der Waals surface area contributed by atoms with Crippen molar-refractivity contribution in [3.05, 3.63) is 10.1 Å². The van der Waals surface area contributed by atoms with Crippen molar-refractivity contribution in [3.63, 3.8) is 0 Å². The lowest BCUT2D eigenvalue weighted by Crippen LogP contribution is -2.43. The molecule has 2 atom stereocenters. The first-order valence-electron chi connectivity index (χ1n) is 6.27. The van der Waals surface area contributed by atoms with E-state index in [0.717, 1.165) is 6.42 Å². The molecule has 0 aliphatic carbocycles. The van der Waals surface area contributed by atoms with E-state index in [4.69, 9.17) is 4.74 Å². The number of rotatable bonds is 6. The summed E-state index contributed by atoms with van der Waals surface area (Å²) in [6, 6.07) is -0.273. The van der Waals surface area contributed by atoms with Crippen LogP contribution in [0.25, 0.3) is 0 Å². The van der Waals surface area contributed by atoms with E-state index in [1.54, 1.807) is 27.7 Å². The molecule has 1 unspecified atom stereocenters. The van der Waals surface area contributed by atoms with Gasteiger partial charge in [0.15, 0.2) is 0 Å². The third kappa shape index (κ3) is 7.86. The highest BCUT2D eigenvalue weighted by molar-refractivity contribution is 5.68. The van der Waals surface area contributed by atoms with Gasteiger partial charge in [-0.15, -0.1) is 0 Å². The van der Waals surface area contributed by atoms with Crippen molar-refractivity contribution in [2.75, 3.05) is 6.54 Å². The van der Waals surface area contributed by atoms with Crippen molar-refractivity contribution in [2.45, 2.75) is 59.1 Å². The summed E-state index contributed by atoms with van der Waals surface area (Å²) in [6.45, 7) is 8.93. The first-order valence-corrected chi connectivity index (χ1v) is 6.27. The Hall–Kier alpha value is -1.33. The van der Waals surface area contributed by atoms with E-state index in [1.807, 2.05) is 6.92 Å². The van der Waals surface area contributed by atoms with Crippen LogP contribution in [0.15, 0.2) is 0 Å². The zero-order valence-electron chi connectivity index (χ0n) is 11.9. The molecule has 1 N–H and O–H groups in total. The van der Waals surface area contributed by atoms with E-state index in [2.05, 4.69) is 5.32 Å². The van der Waals surface area contributed by atoms with Crippen LogP contribution in [-0.4, -0.2) is 29.2 Å². The molecule has 0 aliphatic heterocycles. The largest absolute Gasteiger partial charge is 0.444 e.